The molecule has 1 saturated heterocycles. The number of nitro groups is 1. The van der Waals surface area contributed by atoms with Crippen LogP contribution in [-0.4, -0.2) is 15.2 Å². The van der Waals surface area contributed by atoms with Crippen LogP contribution in [0.25, 0.3) is 17.4 Å². The number of hydrogen-bond acceptors (Lipinski definition) is 6. The molecule has 0 N–H and O–H groups in total. The Hall–Kier alpha value is -3.23. The first-order valence-corrected chi connectivity index (χ1v) is 9.85. The molecule has 6 nitrogen and oxygen atoms in total. The summed E-state index contributed by atoms with van der Waals surface area (Å²) in [6, 6.07) is 17.2. The minimum atomic E-state index is -0.451. The van der Waals surface area contributed by atoms with Gasteiger partial charge in [-0.2, -0.15) is 0 Å². The lowest BCUT2D eigenvalue weighted by molar-refractivity contribution is -0.384. The third kappa shape index (κ3) is 3.72. The Morgan fingerprint density at radius 1 is 1.10 bits per heavy atom. The molecule has 0 spiro atoms. The number of hydrogen-bond donors (Lipinski definition) is 0. The first-order valence-electron chi connectivity index (χ1n) is 8.62. The Balaban J connectivity index is 1.59. The number of aryl methyl sites for hydroxylation is 1. The van der Waals surface area contributed by atoms with Gasteiger partial charge in [-0.1, -0.05) is 42.2 Å². The molecule has 1 aliphatic heterocycles. The second-order valence-corrected chi connectivity index (χ2v) is 7.99. The normalized spacial score (nSPS) is 15.3. The molecule has 0 radical (unpaired) electrons. The summed E-state index contributed by atoms with van der Waals surface area (Å²) in [5, 5.41) is 10.8. The second-order valence-electron chi connectivity index (χ2n) is 6.31. The number of nitro benzene ring substituents is 1. The van der Waals surface area contributed by atoms with Crippen molar-refractivity contribution in [3.8, 4) is 11.3 Å². The zero-order chi connectivity index (χ0) is 20.5. The summed E-state index contributed by atoms with van der Waals surface area (Å²) in [5.41, 5.74) is 2.45. The highest BCUT2D eigenvalue weighted by molar-refractivity contribution is 8.27. The van der Waals surface area contributed by atoms with Gasteiger partial charge in [0.2, 0.25) is 0 Å². The maximum absolute atomic E-state index is 12.9. The van der Waals surface area contributed by atoms with Gasteiger partial charge < -0.3 is 4.42 Å². The van der Waals surface area contributed by atoms with Gasteiger partial charge in [0.15, 0.2) is 4.32 Å². The molecule has 2 heterocycles. The van der Waals surface area contributed by atoms with Gasteiger partial charge in [-0.05, 0) is 42.8 Å². The van der Waals surface area contributed by atoms with Gasteiger partial charge in [-0.15, -0.1) is 0 Å². The van der Waals surface area contributed by atoms with Crippen molar-refractivity contribution in [2.75, 3.05) is 4.90 Å². The summed E-state index contributed by atoms with van der Waals surface area (Å²) in [4.78, 5) is 25.2. The van der Waals surface area contributed by atoms with Crippen molar-refractivity contribution in [1.82, 2.24) is 0 Å². The van der Waals surface area contributed by atoms with Crippen LogP contribution in [0.5, 0.6) is 0 Å². The van der Waals surface area contributed by atoms with E-state index in [1.807, 2.05) is 31.2 Å². The van der Waals surface area contributed by atoms with Crippen molar-refractivity contribution >= 4 is 51.7 Å². The number of amides is 1. The maximum Gasteiger partial charge on any atom is 0.270 e. The number of thioether (sulfide) groups is 1. The van der Waals surface area contributed by atoms with Crippen LogP contribution >= 0.6 is 24.0 Å². The summed E-state index contributed by atoms with van der Waals surface area (Å²) in [7, 11) is 0. The van der Waals surface area contributed by atoms with Gasteiger partial charge >= 0.3 is 0 Å². The van der Waals surface area contributed by atoms with E-state index in [0.29, 0.717) is 26.3 Å². The molecule has 0 aliphatic carbocycles. The van der Waals surface area contributed by atoms with Gasteiger partial charge in [-0.3, -0.25) is 19.8 Å². The van der Waals surface area contributed by atoms with Crippen LogP contribution in [0.2, 0.25) is 0 Å². The Morgan fingerprint density at radius 2 is 1.83 bits per heavy atom. The molecule has 1 aromatic heterocycles. The van der Waals surface area contributed by atoms with Crippen molar-refractivity contribution < 1.29 is 14.1 Å². The monoisotopic (exact) mass is 422 g/mol. The number of thiocarbonyl (C=S) groups is 1. The molecule has 2 aromatic carbocycles. The molecule has 8 heteroatoms. The lowest BCUT2D eigenvalue weighted by Gasteiger charge is -2.16. The molecule has 144 valence electrons. The topological polar surface area (TPSA) is 76.6 Å². The smallest absolute Gasteiger partial charge is 0.270 e. The highest BCUT2D eigenvalue weighted by Crippen LogP contribution is 2.37. The molecule has 0 unspecified atom stereocenters. The van der Waals surface area contributed by atoms with Crippen LogP contribution in [0.15, 0.2) is 70.0 Å². The first kappa shape index (κ1) is 19.1. The van der Waals surface area contributed by atoms with E-state index >= 15 is 0 Å². The molecule has 1 fully saturated rings. The number of carbonyl (C=O) groups excluding carboxylic acids is 1. The highest BCUT2D eigenvalue weighted by Gasteiger charge is 2.34. The molecule has 4 rings (SSSR count). The fourth-order valence-corrected chi connectivity index (χ4v) is 4.22. The van der Waals surface area contributed by atoms with Crippen molar-refractivity contribution in [1.29, 1.82) is 0 Å². The van der Waals surface area contributed by atoms with Crippen molar-refractivity contribution in [2.45, 2.75) is 6.92 Å². The van der Waals surface area contributed by atoms with E-state index in [1.165, 1.54) is 28.8 Å². The molecular weight excluding hydrogens is 408 g/mol. The van der Waals surface area contributed by atoms with E-state index in [-0.39, 0.29) is 11.6 Å². The Labute approximate surface area is 176 Å². The zero-order valence-electron chi connectivity index (χ0n) is 15.2. The minimum absolute atomic E-state index is 0.0143. The molecular formula is C21H14N2O4S2. The number of para-hydroxylation sites is 1. The Bertz CT molecular complexity index is 1170. The summed E-state index contributed by atoms with van der Waals surface area (Å²) >= 11 is 6.63. The SMILES string of the molecule is Cc1ccccc1N1C(=O)C(=Cc2ccc(-c3ccc([N+](=O)[O-])cc3)o2)SC1=S. The lowest BCUT2D eigenvalue weighted by Crippen LogP contribution is -2.28. The largest absolute Gasteiger partial charge is 0.457 e. The third-order valence-corrected chi connectivity index (χ3v) is 5.72. The van der Waals surface area contributed by atoms with Gasteiger partial charge in [0.25, 0.3) is 11.6 Å². The van der Waals surface area contributed by atoms with E-state index in [2.05, 4.69) is 0 Å². The molecule has 1 amide bonds. The first-order chi connectivity index (χ1) is 13.9. The second kappa shape index (κ2) is 7.65. The minimum Gasteiger partial charge on any atom is -0.457 e. The predicted octanol–water partition coefficient (Wildman–Crippen LogP) is 5.57. The number of benzene rings is 2. The lowest BCUT2D eigenvalue weighted by atomic mass is 10.1. The fraction of sp³-hybridized carbons (Fsp3) is 0.0476. The van der Waals surface area contributed by atoms with E-state index in [0.717, 1.165) is 11.3 Å². The molecule has 0 atom stereocenters. The van der Waals surface area contributed by atoms with E-state index in [9.17, 15) is 14.9 Å². The van der Waals surface area contributed by atoms with E-state index in [1.54, 1.807) is 30.3 Å². The number of carbonyl (C=O) groups is 1. The number of rotatable bonds is 4. The number of furan rings is 1. The number of nitrogens with zero attached hydrogens (tertiary/aromatic N) is 2. The average Bonchev–Trinajstić information content (AvgIpc) is 3.27. The third-order valence-electron chi connectivity index (χ3n) is 4.41. The fourth-order valence-electron chi connectivity index (χ4n) is 2.95. The van der Waals surface area contributed by atoms with Crippen molar-refractivity contribution in [3.63, 3.8) is 0 Å². The zero-order valence-corrected chi connectivity index (χ0v) is 16.8. The summed E-state index contributed by atoms with van der Waals surface area (Å²) in [6.07, 6.45) is 1.66. The Kier molecular flexibility index (Phi) is 5.04. The van der Waals surface area contributed by atoms with Gasteiger partial charge in [0, 0.05) is 23.8 Å². The number of anilines is 1. The average molecular weight is 422 g/mol. The Morgan fingerprint density at radius 3 is 2.52 bits per heavy atom. The molecule has 0 saturated carbocycles. The van der Waals surface area contributed by atoms with Crippen molar-refractivity contribution in [3.05, 3.63) is 87.0 Å². The van der Waals surface area contributed by atoms with Crippen LogP contribution in [0, 0.1) is 17.0 Å². The van der Waals surface area contributed by atoms with Gasteiger partial charge in [0.05, 0.1) is 15.5 Å². The number of non-ortho nitro benzene ring substituents is 1. The molecule has 0 bridgehead atoms. The summed E-state index contributed by atoms with van der Waals surface area (Å²) in [6.45, 7) is 1.93. The predicted molar refractivity (Wildman–Crippen MR) is 118 cm³/mol. The van der Waals surface area contributed by atoms with Crippen LogP contribution in [0.3, 0.4) is 0 Å². The molecule has 1 aliphatic rings. The van der Waals surface area contributed by atoms with Gasteiger partial charge in [0.1, 0.15) is 11.5 Å². The maximum atomic E-state index is 12.9. The van der Waals surface area contributed by atoms with E-state index in [4.69, 9.17) is 16.6 Å². The summed E-state index contributed by atoms with van der Waals surface area (Å²) < 4.78 is 6.28. The van der Waals surface area contributed by atoms with Crippen LogP contribution in [0.1, 0.15) is 11.3 Å². The quantitative estimate of drug-likeness (QED) is 0.237. The molecule has 3 aromatic rings. The summed E-state index contributed by atoms with van der Waals surface area (Å²) in [5.74, 6) is 0.867. The standard InChI is InChI=1S/C21H14N2O4S2/c1-13-4-2-3-5-17(13)22-20(24)19(29-21(22)28)12-16-10-11-18(27-16)14-6-8-15(9-7-14)23(25)26/h2-12H,1H3. The van der Waals surface area contributed by atoms with Crippen LogP contribution in [-0.2, 0) is 4.79 Å². The highest BCUT2D eigenvalue weighted by atomic mass is 32.2. The molecule has 29 heavy (non-hydrogen) atoms. The van der Waals surface area contributed by atoms with Crippen LogP contribution < -0.4 is 4.90 Å². The van der Waals surface area contributed by atoms with Crippen LogP contribution in [0.4, 0.5) is 11.4 Å². The van der Waals surface area contributed by atoms with E-state index < -0.39 is 4.92 Å². The van der Waals surface area contributed by atoms with Crippen molar-refractivity contribution in [2.24, 2.45) is 0 Å². The van der Waals surface area contributed by atoms with Gasteiger partial charge in [-0.25, -0.2) is 0 Å².